The molecular formula is C26H23N3O3S. The number of amides is 1. The number of carbonyl (C=O) groups excluding carboxylic acids is 1. The number of ether oxygens (including phenoxy) is 2. The first-order valence-electron chi connectivity index (χ1n) is 10.7. The number of nitrogens with zero attached hydrogens (tertiary/aromatic N) is 2. The molecular weight excluding hydrogens is 434 g/mol. The van der Waals surface area contributed by atoms with Gasteiger partial charge in [0.15, 0.2) is 4.96 Å². The Labute approximate surface area is 195 Å². The van der Waals surface area contributed by atoms with Gasteiger partial charge in [-0.1, -0.05) is 23.5 Å². The second-order valence-electron chi connectivity index (χ2n) is 7.55. The van der Waals surface area contributed by atoms with Crippen molar-refractivity contribution in [3.8, 4) is 22.8 Å². The molecule has 166 valence electrons. The van der Waals surface area contributed by atoms with E-state index in [4.69, 9.17) is 14.5 Å². The zero-order valence-corrected chi connectivity index (χ0v) is 19.2. The number of hydrogen-bond donors (Lipinski definition) is 1. The summed E-state index contributed by atoms with van der Waals surface area (Å²) in [5.74, 6) is 1.55. The Bertz CT molecular complexity index is 1420. The molecule has 2 heterocycles. The van der Waals surface area contributed by atoms with Crippen molar-refractivity contribution in [2.45, 2.75) is 13.5 Å². The third kappa shape index (κ3) is 4.27. The van der Waals surface area contributed by atoms with Crippen molar-refractivity contribution in [1.82, 2.24) is 14.7 Å². The smallest absolute Gasteiger partial charge is 0.251 e. The average molecular weight is 458 g/mol. The van der Waals surface area contributed by atoms with Crippen LogP contribution in [0.2, 0.25) is 0 Å². The fourth-order valence-electron chi connectivity index (χ4n) is 3.70. The van der Waals surface area contributed by atoms with Crippen LogP contribution in [0.25, 0.3) is 26.4 Å². The molecule has 0 saturated heterocycles. The average Bonchev–Trinajstić information content (AvgIpc) is 3.41. The molecule has 5 aromatic rings. The number of rotatable bonds is 7. The molecule has 2 aromatic heterocycles. The van der Waals surface area contributed by atoms with Crippen LogP contribution in [0.3, 0.4) is 0 Å². The Morgan fingerprint density at radius 3 is 2.52 bits per heavy atom. The molecule has 0 unspecified atom stereocenters. The Balaban J connectivity index is 1.32. The summed E-state index contributed by atoms with van der Waals surface area (Å²) in [6.45, 7) is 3.05. The normalized spacial score (nSPS) is 11.1. The molecule has 7 heteroatoms. The molecule has 0 radical (unpaired) electrons. The minimum absolute atomic E-state index is 0.101. The van der Waals surface area contributed by atoms with E-state index in [0.29, 0.717) is 18.7 Å². The van der Waals surface area contributed by atoms with Crippen molar-refractivity contribution in [3.63, 3.8) is 0 Å². The third-order valence-electron chi connectivity index (χ3n) is 5.43. The number of fused-ring (bicyclic) bond motifs is 3. The van der Waals surface area contributed by atoms with E-state index in [-0.39, 0.29) is 5.91 Å². The second kappa shape index (κ2) is 8.96. The van der Waals surface area contributed by atoms with Gasteiger partial charge in [-0.3, -0.25) is 9.20 Å². The third-order valence-corrected chi connectivity index (χ3v) is 6.45. The number of carbonyl (C=O) groups is 1. The van der Waals surface area contributed by atoms with Crippen LogP contribution in [0.1, 0.15) is 22.8 Å². The van der Waals surface area contributed by atoms with Gasteiger partial charge >= 0.3 is 0 Å². The van der Waals surface area contributed by atoms with Crippen LogP contribution >= 0.6 is 11.3 Å². The summed E-state index contributed by atoms with van der Waals surface area (Å²) >= 11 is 1.57. The topological polar surface area (TPSA) is 64.9 Å². The predicted octanol–water partition coefficient (Wildman–Crippen LogP) is 5.55. The highest BCUT2D eigenvalue weighted by molar-refractivity contribution is 7.23. The predicted molar refractivity (Wildman–Crippen MR) is 131 cm³/mol. The summed E-state index contributed by atoms with van der Waals surface area (Å²) in [7, 11) is 1.66. The van der Waals surface area contributed by atoms with E-state index in [2.05, 4.69) is 9.72 Å². The summed E-state index contributed by atoms with van der Waals surface area (Å²) in [5, 5.41) is 2.99. The van der Waals surface area contributed by atoms with E-state index >= 15 is 0 Å². The summed E-state index contributed by atoms with van der Waals surface area (Å²) in [4.78, 5) is 18.4. The van der Waals surface area contributed by atoms with Crippen LogP contribution in [-0.2, 0) is 6.54 Å². The first kappa shape index (κ1) is 21.0. The molecule has 0 aliphatic heterocycles. The van der Waals surface area contributed by atoms with Crippen LogP contribution < -0.4 is 14.8 Å². The van der Waals surface area contributed by atoms with Gasteiger partial charge in [0.1, 0.15) is 11.5 Å². The summed E-state index contributed by atoms with van der Waals surface area (Å²) in [5.41, 5.74) is 4.63. The zero-order valence-electron chi connectivity index (χ0n) is 18.4. The molecule has 0 bridgehead atoms. The molecule has 0 fully saturated rings. The van der Waals surface area contributed by atoms with Gasteiger partial charge in [-0.25, -0.2) is 4.98 Å². The van der Waals surface area contributed by atoms with Crippen LogP contribution in [0.5, 0.6) is 11.5 Å². The molecule has 3 aromatic carbocycles. The number of imidazole rings is 1. The highest BCUT2D eigenvalue weighted by Crippen LogP contribution is 2.30. The molecule has 0 aliphatic carbocycles. The van der Waals surface area contributed by atoms with Gasteiger partial charge in [0.25, 0.3) is 5.91 Å². The lowest BCUT2D eigenvalue weighted by Gasteiger charge is -2.07. The SMILES string of the molecule is CCOc1ccc(CNC(=O)c2ccc3c(c2)sc2nc(-c4ccc(OC)cc4)cn23)cc1. The maximum Gasteiger partial charge on any atom is 0.251 e. The van der Waals surface area contributed by atoms with Gasteiger partial charge in [0.05, 0.1) is 29.6 Å². The molecule has 0 spiro atoms. The van der Waals surface area contributed by atoms with Crippen molar-refractivity contribution in [1.29, 1.82) is 0 Å². The molecule has 0 atom stereocenters. The van der Waals surface area contributed by atoms with E-state index in [0.717, 1.165) is 43.5 Å². The van der Waals surface area contributed by atoms with E-state index in [1.165, 1.54) is 0 Å². The number of methoxy groups -OCH3 is 1. The summed E-state index contributed by atoms with van der Waals surface area (Å²) < 4.78 is 13.8. The van der Waals surface area contributed by atoms with Crippen molar-refractivity contribution in [2.24, 2.45) is 0 Å². The standard InChI is InChI=1S/C26H23N3O3S/c1-3-32-21-9-4-17(5-10-21)15-27-25(30)19-8-13-23-24(14-19)33-26-28-22(16-29(23)26)18-6-11-20(31-2)12-7-18/h4-14,16H,3,15H2,1-2H3,(H,27,30). The fraction of sp³-hybridized carbons (Fsp3) is 0.154. The van der Waals surface area contributed by atoms with Crippen molar-refractivity contribution >= 4 is 32.4 Å². The lowest BCUT2D eigenvalue weighted by atomic mass is 10.1. The molecule has 1 amide bonds. The molecule has 5 rings (SSSR count). The Hall–Kier alpha value is -3.84. The molecule has 0 aliphatic rings. The number of thiazole rings is 1. The lowest BCUT2D eigenvalue weighted by Crippen LogP contribution is -2.22. The van der Waals surface area contributed by atoms with Gasteiger partial charge in [-0.05, 0) is 67.1 Å². The van der Waals surface area contributed by atoms with Crippen LogP contribution in [-0.4, -0.2) is 29.0 Å². The Kier molecular flexibility index (Phi) is 5.71. The van der Waals surface area contributed by atoms with E-state index in [1.807, 2.05) is 79.9 Å². The quantitative estimate of drug-likeness (QED) is 0.348. The first-order chi connectivity index (χ1) is 16.1. The zero-order chi connectivity index (χ0) is 22.8. The Morgan fingerprint density at radius 2 is 1.79 bits per heavy atom. The van der Waals surface area contributed by atoms with Crippen molar-refractivity contribution in [3.05, 3.63) is 84.1 Å². The van der Waals surface area contributed by atoms with E-state index < -0.39 is 0 Å². The number of benzene rings is 3. The van der Waals surface area contributed by atoms with E-state index in [1.54, 1.807) is 18.4 Å². The van der Waals surface area contributed by atoms with Crippen LogP contribution in [0, 0.1) is 0 Å². The van der Waals surface area contributed by atoms with Crippen molar-refractivity contribution < 1.29 is 14.3 Å². The van der Waals surface area contributed by atoms with Crippen LogP contribution in [0.4, 0.5) is 0 Å². The number of nitrogens with one attached hydrogen (secondary N) is 1. The molecule has 1 N–H and O–H groups in total. The minimum Gasteiger partial charge on any atom is -0.497 e. The highest BCUT2D eigenvalue weighted by atomic mass is 32.1. The molecule has 6 nitrogen and oxygen atoms in total. The highest BCUT2D eigenvalue weighted by Gasteiger charge is 2.13. The van der Waals surface area contributed by atoms with Crippen molar-refractivity contribution in [2.75, 3.05) is 13.7 Å². The monoisotopic (exact) mass is 457 g/mol. The van der Waals surface area contributed by atoms with Gasteiger partial charge in [-0.15, -0.1) is 0 Å². The largest absolute Gasteiger partial charge is 0.497 e. The summed E-state index contributed by atoms with van der Waals surface area (Å²) in [6.07, 6.45) is 2.03. The first-order valence-corrected chi connectivity index (χ1v) is 11.5. The maximum atomic E-state index is 12.7. The minimum atomic E-state index is -0.101. The molecule has 0 saturated carbocycles. The number of hydrogen-bond acceptors (Lipinski definition) is 5. The maximum absolute atomic E-state index is 12.7. The lowest BCUT2D eigenvalue weighted by molar-refractivity contribution is 0.0951. The van der Waals surface area contributed by atoms with E-state index in [9.17, 15) is 4.79 Å². The molecule has 33 heavy (non-hydrogen) atoms. The fourth-order valence-corrected chi connectivity index (χ4v) is 4.74. The van der Waals surface area contributed by atoms with Gasteiger partial charge < -0.3 is 14.8 Å². The van der Waals surface area contributed by atoms with Gasteiger partial charge in [0.2, 0.25) is 0 Å². The number of aromatic nitrogens is 2. The second-order valence-corrected chi connectivity index (χ2v) is 8.56. The van der Waals surface area contributed by atoms with Crippen LogP contribution in [0.15, 0.2) is 72.9 Å². The Morgan fingerprint density at radius 1 is 1.03 bits per heavy atom. The van der Waals surface area contributed by atoms with Gasteiger partial charge in [0, 0.05) is 23.9 Å². The summed E-state index contributed by atoms with van der Waals surface area (Å²) in [6, 6.07) is 21.4. The van der Waals surface area contributed by atoms with Gasteiger partial charge in [-0.2, -0.15) is 0 Å².